The van der Waals surface area contributed by atoms with Gasteiger partial charge in [-0.1, -0.05) is 26.7 Å². The van der Waals surface area contributed by atoms with Gasteiger partial charge in [0.1, 0.15) is 5.54 Å². The van der Waals surface area contributed by atoms with Crippen molar-refractivity contribution in [3.63, 3.8) is 0 Å². The van der Waals surface area contributed by atoms with Crippen LogP contribution in [0.5, 0.6) is 0 Å². The molecule has 0 amide bonds. The molecule has 1 unspecified atom stereocenters. The Bertz CT molecular complexity index is 224. The van der Waals surface area contributed by atoms with Crippen LogP contribution in [0.4, 0.5) is 0 Å². The van der Waals surface area contributed by atoms with Gasteiger partial charge in [0, 0.05) is 0 Å². The number of rotatable bonds is 12. The van der Waals surface area contributed by atoms with Crippen molar-refractivity contribution in [2.24, 2.45) is 0 Å². The maximum Gasteiger partial charge on any atom is 0.323 e. The molecule has 0 spiro atoms. The van der Waals surface area contributed by atoms with E-state index in [0.717, 1.165) is 25.1 Å². The minimum Gasteiger partial charge on any atom is -0.480 e. The zero-order valence-electron chi connectivity index (χ0n) is 12.1. The number of unbranched alkanes of at least 4 members (excludes halogenated alkanes) is 2. The smallest absolute Gasteiger partial charge is 0.323 e. The molecule has 0 rings (SSSR count). The average Bonchev–Trinajstić information content (AvgIpc) is 2.35. The first-order chi connectivity index (χ1) is 8.56. The second kappa shape index (κ2) is 10.7. The number of carboxylic acids is 1. The van der Waals surface area contributed by atoms with Gasteiger partial charge in [-0.25, -0.2) is 0 Å². The lowest BCUT2D eigenvalue weighted by atomic mass is 9.96. The van der Waals surface area contributed by atoms with Crippen LogP contribution >= 0.6 is 11.8 Å². The maximum absolute atomic E-state index is 11.3. The Morgan fingerprint density at radius 3 is 2.39 bits per heavy atom. The molecular formula is C14H29NO2S. The lowest BCUT2D eigenvalue weighted by molar-refractivity contribution is -0.144. The van der Waals surface area contributed by atoms with Gasteiger partial charge >= 0.3 is 5.97 Å². The molecule has 0 saturated carbocycles. The molecule has 0 aromatic heterocycles. The van der Waals surface area contributed by atoms with Crippen LogP contribution in [-0.2, 0) is 4.79 Å². The number of aliphatic carboxylic acids is 1. The second-order valence-corrected chi connectivity index (χ2v) is 6.21. The fourth-order valence-corrected chi connectivity index (χ4v) is 2.72. The highest BCUT2D eigenvalue weighted by atomic mass is 32.2. The second-order valence-electron chi connectivity index (χ2n) is 4.99. The number of hydrogen-bond acceptors (Lipinski definition) is 3. The molecule has 3 nitrogen and oxygen atoms in total. The normalized spacial score (nSPS) is 14.4. The van der Waals surface area contributed by atoms with Crippen LogP contribution in [0.1, 0.15) is 59.3 Å². The first kappa shape index (κ1) is 17.8. The molecule has 0 aliphatic carbocycles. The monoisotopic (exact) mass is 275 g/mol. The van der Waals surface area contributed by atoms with E-state index in [2.05, 4.69) is 19.2 Å². The van der Waals surface area contributed by atoms with Crippen molar-refractivity contribution in [2.45, 2.75) is 64.8 Å². The van der Waals surface area contributed by atoms with E-state index < -0.39 is 11.5 Å². The minimum absolute atomic E-state index is 0.711. The SMILES string of the molecule is CCCCCSCCCC(C)(NCCC)C(=O)O. The molecule has 0 radical (unpaired) electrons. The van der Waals surface area contributed by atoms with E-state index in [1.807, 2.05) is 11.8 Å². The van der Waals surface area contributed by atoms with Crippen molar-refractivity contribution in [2.75, 3.05) is 18.1 Å². The summed E-state index contributed by atoms with van der Waals surface area (Å²) in [6.07, 6.45) is 6.50. The quantitative estimate of drug-likeness (QED) is 0.535. The summed E-state index contributed by atoms with van der Waals surface area (Å²) in [4.78, 5) is 11.3. The van der Waals surface area contributed by atoms with E-state index in [-0.39, 0.29) is 0 Å². The summed E-state index contributed by atoms with van der Waals surface area (Å²) in [5.41, 5.74) is -0.750. The highest BCUT2D eigenvalue weighted by Crippen LogP contribution is 2.16. The summed E-state index contributed by atoms with van der Waals surface area (Å²) in [6.45, 7) is 6.83. The van der Waals surface area contributed by atoms with Crippen LogP contribution in [0, 0.1) is 0 Å². The zero-order chi connectivity index (χ0) is 13.9. The van der Waals surface area contributed by atoms with E-state index in [4.69, 9.17) is 0 Å². The third-order valence-corrected chi connectivity index (χ3v) is 4.25. The van der Waals surface area contributed by atoms with E-state index >= 15 is 0 Å². The molecule has 0 fully saturated rings. The lowest BCUT2D eigenvalue weighted by Gasteiger charge is -2.26. The third kappa shape index (κ3) is 7.98. The van der Waals surface area contributed by atoms with Gasteiger partial charge in [-0.3, -0.25) is 4.79 Å². The number of carbonyl (C=O) groups is 1. The highest BCUT2D eigenvalue weighted by molar-refractivity contribution is 7.99. The van der Waals surface area contributed by atoms with E-state index in [1.165, 1.54) is 25.0 Å². The molecule has 108 valence electrons. The minimum atomic E-state index is -0.750. The number of hydrogen-bond donors (Lipinski definition) is 2. The predicted octanol–water partition coefficient (Wildman–Crippen LogP) is 3.53. The molecule has 0 aliphatic rings. The lowest BCUT2D eigenvalue weighted by Crippen LogP contribution is -2.49. The maximum atomic E-state index is 11.3. The molecule has 0 aliphatic heterocycles. The molecule has 1 atom stereocenters. The van der Waals surface area contributed by atoms with E-state index in [1.54, 1.807) is 6.92 Å². The molecule has 4 heteroatoms. The Morgan fingerprint density at radius 2 is 1.83 bits per heavy atom. The van der Waals surface area contributed by atoms with Gasteiger partial charge in [0.15, 0.2) is 0 Å². The van der Waals surface area contributed by atoms with Crippen molar-refractivity contribution >= 4 is 17.7 Å². The Labute approximate surface area is 116 Å². The summed E-state index contributed by atoms with van der Waals surface area (Å²) >= 11 is 1.95. The Balaban J connectivity index is 3.73. The van der Waals surface area contributed by atoms with Crippen molar-refractivity contribution < 1.29 is 9.90 Å². The van der Waals surface area contributed by atoms with Gasteiger partial charge in [0.25, 0.3) is 0 Å². The average molecular weight is 275 g/mol. The van der Waals surface area contributed by atoms with Crippen LogP contribution < -0.4 is 5.32 Å². The van der Waals surface area contributed by atoms with Crippen LogP contribution in [0.25, 0.3) is 0 Å². The Morgan fingerprint density at radius 1 is 1.17 bits per heavy atom. The van der Waals surface area contributed by atoms with Gasteiger partial charge in [-0.2, -0.15) is 11.8 Å². The number of carboxylic acid groups (broad SMARTS) is 1. The predicted molar refractivity (Wildman–Crippen MR) is 80.4 cm³/mol. The molecule has 2 N–H and O–H groups in total. The summed E-state index contributed by atoms with van der Waals surface area (Å²) < 4.78 is 0. The van der Waals surface area contributed by atoms with Gasteiger partial charge in [-0.05, 0) is 50.7 Å². The largest absolute Gasteiger partial charge is 0.480 e. The van der Waals surface area contributed by atoms with Crippen molar-refractivity contribution in [1.82, 2.24) is 5.32 Å². The summed E-state index contributed by atoms with van der Waals surface area (Å²) in [5.74, 6) is 1.55. The van der Waals surface area contributed by atoms with Crippen molar-refractivity contribution in [1.29, 1.82) is 0 Å². The standard InChI is InChI=1S/C14H29NO2S/c1-4-6-7-11-18-12-8-9-14(3,13(16)17)15-10-5-2/h15H,4-12H2,1-3H3,(H,16,17). The first-order valence-corrected chi connectivity index (χ1v) is 8.28. The van der Waals surface area contributed by atoms with E-state index in [0.29, 0.717) is 6.42 Å². The van der Waals surface area contributed by atoms with Crippen LogP contribution in [0.2, 0.25) is 0 Å². The molecule has 0 aromatic rings. The summed E-state index contributed by atoms with van der Waals surface area (Å²) in [5, 5.41) is 12.4. The van der Waals surface area contributed by atoms with Gasteiger partial charge < -0.3 is 10.4 Å². The van der Waals surface area contributed by atoms with Crippen LogP contribution in [0.3, 0.4) is 0 Å². The molecule has 0 saturated heterocycles. The van der Waals surface area contributed by atoms with Gasteiger partial charge in [0.2, 0.25) is 0 Å². The highest BCUT2D eigenvalue weighted by Gasteiger charge is 2.31. The molecular weight excluding hydrogens is 246 g/mol. The Kier molecular flexibility index (Phi) is 10.5. The van der Waals surface area contributed by atoms with Crippen LogP contribution in [0.15, 0.2) is 0 Å². The zero-order valence-corrected chi connectivity index (χ0v) is 12.9. The van der Waals surface area contributed by atoms with Gasteiger partial charge in [-0.15, -0.1) is 0 Å². The molecule has 0 heterocycles. The molecule has 18 heavy (non-hydrogen) atoms. The first-order valence-electron chi connectivity index (χ1n) is 7.13. The fraction of sp³-hybridized carbons (Fsp3) is 0.929. The van der Waals surface area contributed by atoms with Crippen molar-refractivity contribution in [3.8, 4) is 0 Å². The Hall–Kier alpha value is -0.220. The topological polar surface area (TPSA) is 49.3 Å². The number of thioether (sulfide) groups is 1. The summed E-state index contributed by atoms with van der Waals surface area (Å²) in [7, 11) is 0. The van der Waals surface area contributed by atoms with Gasteiger partial charge in [0.05, 0.1) is 0 Å². The van der Waals surface area contributed by atoms with Crippen molar-refractivity contribution in [3.05, 3.63) is 0 Å². The molecule has 0 aromatic carbocycles. The summed E-state index contributed by atoms with van der Waals surface area (Å²) in [6, 6.07) is 0. The third-order valence-electron chi connectivity index (χ3n) is 3.09. The fourth-order valence-electron chi connectivity index (χ4n) is 1.76. The van der Waals surface area contributed by atoms with Crippen LogP contribution in [-0.4, -0.2) is 34.7 Å². The molecule has 0 bridgehead atoms. The van der Waals surface area contributed by atoms with E-state index in [9.17, 15) is 9.90 Å². The number of nitrogens with one attached hydrogen (secondary N) is 1.